The predicted molar refractivity (Wildman–Crippen MR) is 111 cm³/mol. The molecule has 1 aromatic carbocycles. The van der Waals surface area contributed by atoms with Crippen molar-refractivity contribution in [3.05, 3.63) is 52.3 Å². The molecular formula is C20H28BrN5. The molecule has 0 radical (unpaired) electrons. The molecular weight excluding hydrogens is 390 g/mol. The molecule has 0 saturated heterocycles. The Bertz CT molecular complexity index is 729. The summed E-state index contributed by atoms with van der Waals surface area (Å²) >= 11 is 3.54. The summed E-state index contributed by atoms with van der Waals surface area (Å²) < 4.78 is 2.97. The molecule has 1 saturated carbocycles. The fourth-order valence-corrected chi connectivity index (χ4v) is 4.09. The molecule has 6 heteroatoms. The van der Waals surface area contributed by atoms with Crippen molar-refractivity contribution in [2.75, 3.05) is 20.1 Å². The lowest BCUT2D eigenvalue weighted by Gasteiger charge is -2.31. The number of aliphatic imine (C=N–C) groups is 1. The molecule has 0 atom stereocenters. The number of hydrogen-bond acceptors (Lipinski definition) is 2. The van der Waals surface area contributed by atoms with Crippen molar-refractivity contribution in [1.29, 1.82) is 0 Å². The molecule has 1 fully saturated rings. The van der Waals surface area contributed by atoms with E-state index in [1.54, 1.807) is 0 Å². The van der Waals surface area contributed by atoms with E-state index < -0.39 is 0 Å². The van der Waals surface area contributed by atoms with Crippen molar-refractivity contribution >= 4 is 21.9 Å². The summed E-state index contributed by atoms with van der Waals surface area (Å²) in [6.45, 7) is 1.76. The van der Waals surface area contributed by atoms with Gasteiger partial charge in [-0.2, -0.15) is 5.10 Å². The molecule has 26 heavy (non-hydrogen) atoms. The van der Waals surface area contributed by atoms with Gasteiger partial charge in [0.15, 0.2) is 5.96 Å². The van der Waals surface area contributed by atoms with Crippen LogP contribution in [0.5, 0.6) is 0 Å². The molecule has 0 unspecified atom stereocenters. The van der Waals surface area contributed by atoms with E-state index in [1.807, 2.05) is 25.0 Å². The minimum atomic E-state index is 0.210. The molecule has 140 valence electrons. The van der Waals surface area contributed by atoms with E-state index in [1.165, 1.54) is 36.8 Å². The zero-order chi connectivity index (χ0) is 18.4. The summed E-state index contributed by atoms with van der Waals surface area (Å²) in [5, 5.41) is 11.2. The van der Waals surface area contributed by atoms with Gasteiger partial charge in [0.1, 0.15) is 0 Å². The van der Waals surface area contributed by atoms with Crippen molar-refractivity contribution in [2.24, 2.45) is 12.0 Å². The van der Waals surface area contributed by atoms with E-state index in [2.05, 4.69) is 67.1 Å². The molecule has 0 aliphatic heterocycles. The van der Waals surface area contributed by atoms with Gasteiger partial charge in [0.05, 0.1) is 6.20 Å². The van der Waals surface area contributed by atoms with Crippen LogP contribution in [-0.4, -0.2) is 35.9 Å². The van der Waals surface area contributed by atoms with Crippen LogP contribution >= 0.6 is 15.9 Å². The smallest absolute Gasteiger partial charge is 0.191 e. The Hall–Kier alpha value is -1.82. The van der Waals surface area contributed by atoms with Crippen molar-refractivity contribution in [2.45, 2.75) is 37.5 Å². The van der Waals surface area contributed by atoms with E-state index >= 15 is 0 Å². The Kier molecular flexibility index (Phi) is 6.35. The van der Waals surface area contributed by atoms with Crippen LogP contribution in [0.2, 0.25) is 0 Å². The van der Waals surface area contributed by atoms with Gasteiger partial charge in [0.2, 0.25) is 0 Å². The standard InChI is InChI=1S/C20H28BrN5/c1-22-19(23-12-9-16-13-25-26(2)14-16)24-15-20(10-3-4-11-20)17-5-7-18(21)8-6-17/h5-8,13-14H,3-4,9-12,15H2,1-2H3,(H2,22,23,24). The Morgan fingerprint density at radius 3 is 2.58 bits per heavy atom. The van der Waals surface area contributed by atoms with Crippen LogP contribution in [0.4, 0.5) is 0 Å². The van der Waals surface area contributed by atoms with Crippen LogP contribution in [0, 0.1) is 0 Å². The van der Waals surface area contributed by atoms with Crippen molar-refractivity contribution in [3.8, 4) is 0 Å². The van der Waals surface area contributed by atoms with E-state index in [0.717, 1.165) is 29.9 Å². The summed E-state index contributed by atoms with van der Waals surface area (Å²) in [6, 6.07) is 8.82. The molecule has 0 bridgehead atoms. The van der Waals surface area contributed by atoms with Gasteiger partial charge >= 0.3 is 0 Å². The number of halogens is 1. The molecule has 2 N–H and O–H groups in total. The maximum atomic E-state index is 4.39. The van der Waals surface area contributed by atoms with Gasteiger partial charge in [-0.3, -0.25) is 9.67 Å². The summed E-state index contributed by atoms with van der Waals surface area (Å²) in [5.41, 5.74) is 2.87. The summed E-state index contributed by atoms with van der Waals surface area (Å²) in [5.74, 6) is 0.872. The first-order chi connectivity index (χ1) is 12.6. The van der Waals surface area contributed by atoms with E-state index in [4.69, 9.17) is 0 Å². The quantitative estimate of drug-likeness (QED) is 0.559. The molecule has 2 aromatic rings. The lowest BCUT2D eigenvalue weighted by molar-refractivity contribution is 0.432. The Morgan fingerprint density at radius 2 is 1.96 bits per heavy atom. The second-order valence-electron chi connectivity index (χ2n) is 7.12. The first-order valence-electron chi connectivity index (χ1n) is 9.29. The highest BCUT2D eigenvalue weighted by Gasteiger charge is 2.35. The zero-order valence-electron chi connectivity index (χ0n) is 15.6. The number of nitrogens with zero attached hydrogens (tertiary/aromatic N) is 3. The van der Waals surface area contributed by atoms with Gasteiger partial charge in [0, 0.05) is 43.3 Å². The molecule has 3 rings (SSSR count). The topological polar surface area (TPSA) is 54.2 Å². The molecule has 0 spiro atoms. The molecule has 1 aliphatic carbocycles. The molecule has 1 aliphatic rings. The first kappa shape index (κ1) is 19.0. The van der Waals surface area contributed by atoms with Crippen molar-refractivity contribution < 1.29 is 0 Å². The zero-order valence-corrected chi connectivity index (χ0v) is 17.2. The lowest BCUT2D eigenvalue weighted by Crippen LogP contribution is -2.45. The number of aryl methyl sites for hydroxylation is 1. The van der Waals surface area contributed by atoms with Crippen LogP contribution in [0.1, 0.15) is 36.8 Å². The van der Waals surface area contributed by atoms with Gasteiger partial charge in [-0.15, -0.1) is 0 Å². The summed E-state index contributed by atoms with van der Waals surface area (Å²) in [7, 11) is 3.78. The highest BCUT2D eigenvalue weighted by Crippen LogP contribution is 2.40. The Balaban J connectivity index is 1.56. The fourth-order valence-electron chi connectivity index (χ4n) is 3.82. The summed E-state index contributed by atoms with van der Waals surface area (Å²) in [4.78, 5) is 4.39. The van der Waals surface area contributed by atoms with Crippen LogP contribution in [0.25, 0.3) is 0 Å². The highest BCUT2D eigenvalue weighted by atomic mass is 79.9. The monoisotopic (exact) mass is 417 g/mol. The number of guanidine groups is 1. The second-order valence-corrected chi connectivity index (χ2v) is 8.03. The lowest BCUT2D eigenvalue weighted by atomic mass is 9.79. The average Bonchev–Trinajstić information content (AvgIpc) is 3.28. The van der Waals surface area contributed by atoms with Crippen LogP contribution in [0.3, 0.4) is 0 Å². The number of hydrogen-bond donors (Lipinski definition) is 2. The largest absolute Gasteiger partial charge is 0.356 e. The Morgan fingerprint density at radius 1 is 1.23 bits per heavy atom. The maximum absolute atomic E-state index is 4.39. The summed E-state index contributed by atoms with van der Waals surface area (Å²) in [6.07, 6.45) is 9.96. The molecule has 5 nitrogen and oxygen atoms in total. The average molecular weight is 418 g/mol. The third-order valence-electron chi connectivity index (χ3n) is 5.30. The number of benzene rings is 1. The minimum Gasteiger partial charge on any atom is -0.356 e. The second kappa shape index (κ2) is 8.71. The van der Waals surface area contributed by atoms with Gasteiger partial charge in [-0.05, 0) is 42.5 Å². The minimum absolute atomic E-state index is 0.210. The number of rotatable bonds is 6. The van der Waals surface area contributed by atoms with Gasteiger partial charge in [0.25, 0.3) is 0 Å². The molecule has 1 aromatic heterocycles. The third kappa shape index (κ3) is 4.67. The van der Waals surface area contributed by atoms with E-state index in [0.29, 0.717) is 0 Å². The highest BCUT2D eigenvalue weighted by molar-refractivity contribution is 9.10. The number of aromatic nitrogens is 2. The van der Waals surface area contributed by atoms with Gasteiger partial charge < -0.3 is 10.6 Å². The normalized spacial score (nSPS) is 16.7. The molecule has 1 heterocycles. The van der Waals surface area contributed by atoms with Crippen molar-refractivity contribution in [3.63, 3.8) is 0 Å². The molecule has 0 amide bonds. The van der Waals surface area contributed by atoms with Gasteiger partial charge in [-0.1, -0.05) is 40.9 Å². The Labute approximate surface area is 164 Å². The first-order valence-corrected chi connectivity index (χ1v) is 10.1. The number of nitrogens with one attached hydrogen (secondary N) is 2. The van der Waals surface area contributed by atoms with Crippen LogP contribution in [-0.2, 0) is 18.9 Å². The van der Waals surface area contributed by atoms with E-state index in [-0.39, 0.29) is 5.41 Å². The fraction of sp³-hybridized carbons (Fsp3) is 0.500. The van der Waals surface area contributed by atoms with Crippen molar-refractivity contribution in [1.82, 2.24) is 20.4 Å². The van der Waals surface area contributed by atoms with Gasteiger partial charge in [-0.25, -0.2) is 0 Å². The van der Waals surface area contributed by atoms with E-state index in [9.17, 15) is 0 Å². The van der Waals surface area contributed by atoms with Crippen LogP contribution in [0.15, 0.2) is 46.1 Å². The maximum Gasteiger partial charge on any atom is 0.191 e. The predicted octanol–water partition coefficient (Wildman–Crippen LogP) is 3.40. The van der Waals surface area contributed by atoms with Crippen LogP contribution < -0.4 is 10.6 Å². The SMILES string of the molecule is CN=C(NCCc1cnn(C)c1)NCC1(c2ccc(Br)cc2)CCCC1. The third-order valence-corrected chi connectivity index (χ3v) is 5.83.